The molecule has 6 rings (SSSR count). The molecule has 4 aromatic carbocycles. The van der Waals surface area contributed by atoms with Gasteiger partial charge in [-0.3, -0.25) is 0 Å². The minimum absolute atomic E-state index is 0.000442. The maximum absolute atomic E-state index is 10.5. The third kappa shape index (κ3) is 4.28. The highest BCUT2D eigenvalue weighted by atomic mass is 16.5. The molecule has 2 atom stereocenters. The van der Waals surface area contributed by atoms with Crippen molar-refractivity contribution in [3.8, 4) is 40.2 Å². The van der Waals surface area contributed by atoms with Crippen LogP contribution in [0, 0.1) is 0 Å². The predicted octanol–water partition coefficient (Wildman–Crippen LogP) is 6.56. The summed E-state index contributed by atoms with van der Waals surface area (Å²) >= 11 is 0. The van der Waals surface area contributed by atoms with Crippen LogP contribution in [-0.4, -0.2) is 29.5 Å². The lowest BCUT2D eigenvalue weighted by Crippen LogP contribution is -2.27. The van der Waals surface area contributed by atoms with Gasteiger partial charge in [-0.2, -0.15) is 0 Å². The molecule has 2 aliphatic heterocycles. The quantitative estimate of drug-likeness (QED) is 0.273. The van der Waals surface area contributed by atoms with Gasteiger partial charge < -0.3 is 34.3 Å². The summed E-state index contributed by atoms with van der Waals surface area (Å²) in [4.78, 5) is 0. The first-order valence-electron chi connectivity index (χ1n) is 12.4. The van der Waals surface area contributed by atoms with Gasteiger partial charge in [-0.05, 0) is 23.3 Å². The summed E-state index contributed by atoms with van der Waals surface area (Å²) < 4.78 is 24.5. The fraction of sp³-hybridized carbons (Fsp3) is 0.125. The van der Waals surface area contributed by atoms with Crippen LogP contribution >= 0.6 is 0 Å². The van der Waals surface area contributed by atoms with Gasteiger partial charge in [-0.15, -0.1) is 0 Å². The van der Waals surface area contributed by atoms with E-state index in [2.05, 4.69) is 0 Å². The second-order valence-corrected chi connectivity index (χ2v) is 9.30. The Hall–Kier alpha value is -5.04. The Morgan fingerprint density at radius 2 is 1.41 bits per heavy atom. The van der Waals surface area contributed by atoms with Crippen LogP contribution in [0.3, 0.4) is 0 Å². The zero-order valence-corrected chi connectivity index (χ0v) is 21.3. The Balaban J connectivity index is 1.64. The summed E-state index contributed by atoms with van der Waals surface area (Å²) in [5.41, 5.74) is 3.88. The highest BCUT2D eigenvalue weighted by molar-refractivity contribution is 5.83. The molecule has 0 fully saturated rings. The molecule has 1 unspecified atom stereocenters. The van der Waals surface area contributed by atoms with Gasteiger partial charge in [0.05, 0.1) is 14.2 Å². The van der Waals surface area contributed by atoms with Gasteiger partial charge in [0.15, 0.2) is 0 Å². The van der Waals surface area contributed by atoms with Crippen molar-refractivity contribution in [3.63, 3.8) is 0 Å². The van der Waals surface area contributed by atoms with Crippen LogP contribution in [0.2, 0.25) is 0 Å². The topological polar surface area (TPSA) is 97.6 Å². The molecule has 0 saturated carbocycles. The number of rotatable bonds is 5. The molecule has 0 saturated heterocycles. The number of phenols is 3. The molecule has 0 spiro atoms. The predicted molar refractivity (Wildman–Crippen MR) is 147 cm³/mol. The molecule has 2 aliphatic rings. The van der Waals surface area contributed by atoms with Gasteiger partial charge >= 0.3 is 0 Å². The first kappa shape index (κ1) is 24.3. The molecule has 2 heterocycles. The molecule has 0 amide bonds. The van der Waals surface area contributed by atoms with E-state index in [9.17, 15) is 15.3 Å². The molecule has 0 aromatic heterocycles. The van der Waals surface area contributed by atoms with Gasteiger partial charge in [-0.1, -0.05) is 54.6 Å². The van der Waals surface area contributed by atoms with E-state index in [0.717, 1.165) is 22.3 Å². The molecule has 196 valence electrons. The van der Waals surface area contributed by atoms with E-state index in [4.69, 9.17) is 18.9 Å². The van der Waals surface area contributed by atoms with Crippen LogP contribution in [0.25, 0.3) is 11.8 Å². The lowest BCUT2D eigenvalue weighted by Gasteiger charge is -2.38. The normalized spacial score (nSPS) is 17.5. The minimum Gasteiger partial charge on any atom is -0.508 e. The molecule has 4 aromatic rings. The fourth-order valence-corrected chi connectivity index (χ4v) is 5.20. The van der Waals surface area contributed by atoms with E-state index in [-0.39, 0.29) is 17.2 Å². The molecule has 3 N–H and O–H groups in total. The van der Waals surface area contributed by atoms with Crippen LogP contribution in [0.1, 0.15) is 34.3 Å². The second-order valence-electron chi connectivity index (χ2n) is 9.30. The maximum atomic E-state index is 10.5. The Labute approximate surface area is 225 Å². The number of hydrogen-bond acceptors (Lipinski definition) is 7. The third-order valence-corrected chi connectivity index (χ3v) is 6.93. The first-order valence-corrected chi connectivity index (χ1v) is 12.4. The number of methoxy groups -OCH3 is 2. The van der Waals surface area contributed by atoms with Crippen LogP contribution in [-0.2, 0) is 0 Å². The molecule has 7 heteroatoms. The Morgan fingerprint density at radius 1 is 0.744 bits per heavy atom. The zero-order chi connectivity index (χ0) is 27.1. The second kappa shape index (κ2) is 9.68. The van der Waals surface area contributed by atoms with Crippen molar-refractivity contribution in [1.29, 1.82) is 0 Å². The standard InChI is InChI=1S/C32H26O7/c1-36-24-14-21(34)16-26-28(24)23(13-10-18-8-11-20(33)12-9-18)29-31(19-6-4-3-5-7-19)38-27-17-22(35)15-25(37-2)30(27)32(29)39-26/h3-17,23,31,33-35H,1-2H3/b13-10+/t23?,31-/m0/s1. The van der Waals surface area contributed by atoms with Crippen molar-refractivity contribution in [3.05, 3.63) is 113 Å². The minimum atomic E-state index is -0.568. The Kier molecular flexibility index (Phi) is 6.04. The lowest BCUT2D eigenvalue weighted by molar-refractivity contribution is 0.218. The average molecular weight is 523 g/mol. The van der Waals surface area contributed by atoms with E-state index in [1.54, 1.807) is 37.4 Å². The van der Waals surface area contributed by atoms with Crippen molar-refractivity contribution in [2.45, 2.75) is 12.0 Å². The van der Waals surface area contributed by atoms with Gasteiger partial charge in [0.2, 0.25) is 0 Å². The van der Waals surface area contributed by atoms with Crippen molar-refractivity contribution in [2.24, 2.45) is 0 Å². The monoisotopic (exact) mass is 522 g/mol. The summed E-state index contributed by atoms with van der Waals surface area (Å²) in [6.07, 6.45) is 3.42. The molecule has 7 nitrogen and oxygen atoms in total. The molecule has 39 heavy (non-hydrogen) atoms. The lowest BCUT2D eigenvalue weighted by atomic mass is 9.79. The van der Waals surface area contributed by atoms with Crippen LogP contribution < -0.4 is 18.9 Å². The van der Waals surface area contributed by atoms with Gasteiger partial charge in [-0.25, -0.2) is 0 Å². The Bertz CT molecular complexity index is 1600. The fourth-order valence-electron chi connectivity index (χ4n) is 5.20. The molecular formula is C32H26O7. The highest BCUT2D eigenvalue weighted by Crippen LogP contribution is 2.58. The average Bonchev–Trinajstić information content (AvgIpc) is 2.95. The molecule has 0 aliphatic carbocycles. The maximum Gasteiger partial charge on any atom is 0.150 e. The van der Waals surface area contributed by atoms with Gasteiger partial charge in [0.1, 0.15) is 57.7 Å². The van der Waals surface area contributed by atoms with Crippen molar-refractivity contribution >= 4 is 11.8 Å². The highest BCUT2D eigenvalue weighted by Gasteiger charge is 2.43. The first-order chi connectivity index (χ1) is 19.0. The van der Waals surface area contributed by atoms with Crippen LogP contribution in [0.15, 0.2) is 90.5 Å². The number of aromatic hydroxyl groups is 3. The molecular weight excluding hydrogens is 496 g/mol. The van der Waals surface area contributed by atoms with E-state index in [0.29, 0.717) is 34.3 Å². The van der Waals surface area contributed by atoms with Gasteiger partial charge in [0.25, 0.3) is 0 Å². The van der Waals surface area contributed by atoms with Crippen LogP contribution in [0.5, 0.6) is 40.2 Å². The third-order valence-electron chi connectivity index (χ3n) is 6.93. The van der Waals surface area contributed by atoms with Crippen molar-refractivity contribution in [1.82, 2.24) is 0 Å². The number of phenolic OH excluding ortho intramolecular Hbond substituents is 3. The summed E-state index contributed by atoms with van der Waals surface area (Å²) in [5.74, 6) is 2.00. The number of fused-ring (bicyclic) bond motifs is 3. The number of allylic oxidation sites excluding steroid dienone is 1. The SMILES string of the molecule is COc1cc(O)cc2c1C1=C(C(/C=C/c3ccc(O)cc3)c3c(OC)cc(O)cc3O1)[C@H](c1ccccc1)O2. The van der Waals surface area contributed by atoms with E-state index >= 15 is 0 Å². The largest absolute Gasteiger partial charge is 0.508 e. The Morgan fingerprint density at radius 3 is 2.10 bits per heavy atom. The summed E-state index contributed by atoms with van der Waals surface area (Å²) in [6, 6.07) is 22.8. The molecule has 0 bridgehead atoms. The summed E-state index contributed by atoms with van der Waals surface area (Å²) in [7, 11) is 3.07. The van der Waals surface area contributed by atoms with Gasteiger partial charge in [0, 0.05) is 41.3 Å². The van der Waals surface area contributed by atoms with E-state index < -0.39 is 12.0 Å². The van der Waals surface area contributed by atoms with Crippen molar-refractivity contribution < 1.29 is 34.3 Å². The van der Waals surface area contributed by atoms with E-state index in [1.807, 2.05) is 54.6 Å². The number of hydrogen-bond donors (Lipinski definition) is 3. The smallest absolute Gasteiger partial charge is 0.150 e. The molecule has 0 radical (unpaired) electrons. The number of ether oxygens (including phenoxy) is 4. The summed E-state index contributed by atoms with van der Waals surface area (Å²) in [6.45, 7) is 0. The zero-order valence-electron chi connectivity index (χ0n) is 21.3. The van der Waals surface area contributed by atoms with Crippen LogP contribution in [0.4, 0.5) is 0 Å². The number of benzene rings is 4. The van der Waals surface area contributed by atoms with E-state index in [1.165, 1.54) is 13.2 Å². The summed E-state index contributed by atoms with van der Waals surface area (Å²) in [5, 5.41) is 30.6. The van der Waals surface area contributed by atoms with Crippen molar-refractivity contribution in [2.75, 3.05) is 14.2 Å².